The predicted molar refractivity (Wildman–Crippen MR) is 119 cm³/mol. The minimum absolute atomic E-state index is 0.139. The molecule has 0 aliphatic carbocycles. The maximum absolute atomic E-state index is 13.1. The van der Waals surface area contributed by atoms with Crippen LogP contribution in [0.5, 0.6) is 11.5 Å². The average Bonchev–Trinajstić information content (AvgIpc) is 2.73. The van der Waals surface area contributed by atoms with Crippen LogP contribution in [0, 0.1) is 5.82 Å². The van der Waals surface area contributed by atoms with Crippen LogP contribution < -0.4 is 4.74 Å². The van der Waals surface area contributed by atoms with Gasteiger partial charge >= 0.3 is 7.60 Å². The van der Waals surface area contributed by atoms with Crippen molar-refractivity contribution in [2.24, 2.45) is 0 Å². The van der Waals surface area contributed by atoms with E-state index >= 15 is 0 Å². The average molecular weight is 485 g/mol. The van der Waals surface area contributed by atoms with Crippen molar-refractivity contribution in [2.45, 2.75) is 12.8 Å². The third-order valence-electron chi connectivity index (χ3n) is 4.63. The molecule has 3 rings (SSSR count). The first-order valence-electron chi connectivity index (χ1n) is 9.20. The van der Waals surface area contributed by atoms with E-state index in [0.717, 1.165) is 18.2 Å². The zero-order chi connectivity index (χ0) is 22.6. The van der Waals surface area contributed by atoms with Crippen LogP contribution in [-0.2, 0) is 21.9 Å². The van der Waals surface area contributed by atoms with E-state index in [4.69, 9.17) is 27.9 Å². The minimum atomic E-state index is -3.83. The maximum atomic E-state index is 13.1. The lowest BCUT2D eigenvalue weighted by Crippen LogP contribution is -2.01. The number of hydrogen-bond donors (Lipinski definition) is 2. The smallest absolute Gasteiger partial charge is 0.364 e. The van der Waals surface area contributed by atoms with Crippen molar-refractivity contribution in [3.8, 4) is 11.5 Å². The van der Waals surface area contributed by atoms with Gasteiger partial charge in [-0.3, -0.25) is 4.57 Å². The zero-order valence-electron chi connectivity index (χ0n) is 16.5. The number of hydrogen-bond acceptors (Lipinski definition) is 4. The van der Waals surface area contributed by atoms with E-state index in [0.29, 0.717) is 34.0 Å². The minimum Gasteiger partial charge on any atom is -0.508 e. The molecule has 0 fully saturated rings. The van der Waals surface area contributed by atoms with Gasteiger partial charge in [0.1, 0.15) is 17.3 Å². The van der Waals surface area contributed by atoms with Crippen LogP contribution in [0.3, 0.4) is 0 Å². The van der Waals surface area contributed by atoms with E-state index in [1.165, 1.54) is 24.3 Å². The Morgan fingerprint density at radius 2 is 1.58 bits per heavy atom. The van der Waals surface area contributed by atoms with Gasteiger partial charge < -0.3 is 19.3 Å². The summed E-state index contributed by atoms with van der Waals surface area (Å²) >= 11 is 12.7. The summed E-state index contributed by atoms with van der Waals surface area (Å²) in [6, 6.07) is 14.3. The van der Waals surface area contributed by atoms with E-state index < -0.39 is 13.9 Å². The summed E-state index contributed by atoms with van der Waals surface area (Å²) in [4.78, 5) is 9.44. The highest BCUT2D eigenvalue weighted by Gasteiger charge is 2.19. The highest BCUT2D eigenvalue weighted by Crippen LogP contribution is 2.41. The Morgan fingerprint density at radius 3 is 2.19 bits per heavy atom. The fourth-order valence-corrected chi connectivity index (χ4v) is 3.98. The Hall–Kier alpha value is -2.08. The molecule has 0 heterocycles. The summed E-state index contributed by atoms with van der Waals surface area (Å²) < 4.78 is 34.4. The molecule has 5 nitrogen and oxygen atoms in total. The molecule has 0 bridgehead atoms. The quantitative estimate of drug-likeness (QED) is 0.373. The molecular formula is C22H20Cl2FO5P. The normalized spacial score (nSPS) is 13.1. The van der Waals surface area contributed by atoms with Crippen LogP contribution in [0.4, 0.5) is 4.39 Å². The molecule has 0 saturated heterocycles. The fourth-order valence-electron chi connectivity index (χ4n) is 2.96. The van der Waals surface area contributed by atoms with Crippen molar-refractivity contribution in [2.75, 3.05) is 13.5 Å². The van der Waals surface area contributed by atoms with Gasteiger partial charge in [-0.05, 0) is 52.6 Å². The van der Waals surface area contributed by atoms with Gasteiger partial charge in [0.05, 0.1) is 0 Å². The molecule has 0 spiro atoms. The van der Waals surface area contributed by atoms with Gasteiger partial charge in [0.2, 0.25) is 0 Å². The van der Waals surface area contributed by atoms with E-state index in [1.807, 2.05) is 6.07 Å². The highest BCUT2D eigenvalue weighted by atomic mass is 35.5. The first kappa shape index (κ1) is 23.6. The molecule has 1 unspecified atom stereocenters. The standard InChI is InChI=1S/C22H20Cl2FO5P/c1-29-31(27,28)13-30-18-11-20(23)19(21(24)12-18)10-15-4-7-22(26)16(9-15)8-14-2-5-17(25)6-3-14/h2-7,9,11-12,26H,8,10,13H2,1H3,(H,27,28). The molecule has 0 radical (unpaired) electrons. The van der Waals surface area contributed by atoms with E-state index in [2.05, 4.69) is 4.52 Å². The molecule has 0 aliphatic heterocycles. The van der Waals surface area contributed by atoms with Crippen LogP contribution in [0.2, 0.25) is 10.0 Å². The zero-order valence-corrected chi connectivity index (χ0v) is 18.9. The number of rotatable bonds is 8. The Morgan fingerprint density at radius 1 is 0.968 bits per heavy atom. The first-order valence-corrected chi connectivity index (χ1v) is 11.7. The summed E-state index contributed by atoms with van der Waals surface area (Å²) in [6.45, 7) is 0. The molecule has 9 heteroatoms. The van der Waals surface area contributed by atoms with Crippen LogP contribution in [0.1, 0.15) is 22.3 Å². The monoisotopic (exact) mass is 484 g/mol. The van der Waals surface area contributed by atoms with Crippen LogP contribution in [0.15, 0.2) is 54.6 Å². The lowest BCUT2D eigenvalue weighted by Gasteiger charge is -2.14. The molecule has 0 saturated carbocycles. The molecule has 31 heavy (non-hydrogen) atoms. The van der Waals surface area contributed by atoms with E-state index in [-0.39, 0.29) is 17.3 Å². The highest BCUT2D eigenvalue weighted by molar-refractivity contribution is 7.52. The third kappa shape index (κ3) is 6.45. The largest absolute Gasteiger partial charge is 0.508 e. The van der Waals surface area contributed by atoms with E-state index in [9.17, 15) is 19.0 Å². The van der Waals surface area contributed by atoms with Crippen molar-refractivity contribution in [1.29, 1.82) is 0 Å². The van der Waals surface area contributed by atoms with Gasteiger partial charge in [-0.2, -0.15) is 0 Å². The second-order valence-corrected chi connectivity index (χ2v) is 9.61. The number of phenols is 1. The lowest BCUT2D eigenvalue weighted by molar-refractivity contribution is 0.269. The van der Waals surface area contributed by atoms with Crippen LogP contribution >= 0.6 is 30.8 Å². The van der Waals surface area contributed by atoms with Crippen molar-refractivity contribution in [1.82, 2.24) is 0 Å². The molecule has 2 N–H and O–H groups in total. The van der Waals surface area contributed by atoms with Crippen molar-refractivity contribution in [3.05, 3.63) is 92.7 Å². The summed E-state index contributed by atoms with van der Waals surface area (Å²) in [5.74, 6) is 0.0656. The molecule has 0 amide bonds. The van der Waals surface area contributed by atoms with Crippen LogP contribution in [0.25, 0.3) is 0 Å². The van der Waals surface area contributed by atoms with Gasteiger partial charge in [-0.25, -0.2) is 4.39 Å². The molecule has 3 aromatic rings. The predicted octanol–water partition coefficient (Wildman–Crippen LogP) is 6.19. The number of benzene rings is 3. The Balaban J connectivity index is 1.79. The number of halogens is 3. The first-order chi connectivity index (χ1) is 14.7. The molecular weight excluding hydrogens is 465 g/mol. The van der Waals surface area contributed by atoms with Crippen molar-refractivity contribution < 1.29 is 28.2 Å². The van der Waals surface area contributed by atoms with Gasteiger partial charge in [-0.15, -0.1) is 0 Å². The Labute approximate surface area is 189 Å². The topological polar surface area (TPSA) is 76.0 Å². The van der Waals surface area contributed by atoms with Gasteiger partial charge in [0.15, 0.2) is 6.35 Å². The van der Waals surface area contributed by atoms with E-state index in [1.54, 1.807) is 24.3 Å². The van der Waals surface area contributed by atoms with Crippen LogP contribution in [-0.4, -0.2) is 23.5 Å². The number of ether oxygens (including phenoxy) is 1. The van der Waals surface area contributed by atoms with Gasteiger partial charge in [0.25, 0.3) is 0 Å². The SMILES string of the molecule is COP(=O)(O)COc1cc(Cl)c(Cc2ccc(O)c(Cc3ccc(F)cc3)c2)c(Cl)c1. The second-order valence-electron chi connectivity index (χ2n) is 6.90. The summed E-state index contributed by atoms with van der Waals surface area (Å²) in [6.07, 6.45) is 0.306. The fraction of sp³-hybridized carbons (Fsp3) is 0.182. The summed E-state index contributed by atoms with van der Waals surface area (Å²) in [5, 5.41) is 10.9. The number of aromatic hydroxyl groups is 1. The Kier molecular flexibility index (Phi) is 7.63. The van der Waals surface area contributed by atoms with Crippen molar-refractivity contribution >= 4 is 30.8 Å². The maximum Gasteiger partial charge on any atom is 0.364 e. The second kappa shape index (κ2) is 10.0. The molecule has 1 atom stereocenters. The lowest BCUT2D eigenvalue weighted by atomic mass is 9.98. The third-order valence-corrected chi connectivity index (χ3v) is 6.33. The van der Waals surface area contributed by atoms with Gasteiger partial charge in [0, 0.05) is 30.0 Å². The molecule has 0 aliphatic rings. The summed E-state index contributed by atoms with van der Waals surface area (Å²) in [5.41, 5.74) is 3.07. The molecule has 3 aromatic carbocycles. The van der Waals surface area contributed by atoms with Gasteiger partial charge in [-0.1, -0.05) is 47.5 Å². The summed E-state index contributed by atoms with van der Waals surface area (Å²) in [7, 11) is -2.71. The Bertz CT molecular complexity index is 1100. The number of phenolic OH excluding ortho intramolecular Hbond substituents is 1. The molecule has 0 aromatic heterocycles. The molecule has 164 valence electrons. The van der Waals surface area contributed by atoms with Crippen molar-refractivity contribution in [3.63, 3.8) is 0 Å².